The fourth-order valence-corrected chi connectivity index (χ4v) is 2.25. The normalized spacial score (nSPS) is 10.4. The largest absolute Gasteiger partial charge is 0.328 e. The SMILES string of the molecule is O=C(Cn1cc(Br)c(=O)[nH]c1=O)c1cccc(Br)c1. The number of nitrogens with one attached hydrogen (secondary N) is 1. The maximum atomic E-state index is 12.0. The molecule has 1 N–H and O–H groups in total. The Labute approximate surface area is 124 Å². The molecule has 0 aliphatic rings. The molecule has 0 atom stereocenters. The number of nitrogens with zero attached hydrogens (tertiary/aromatic N) is 1. The molecule has 1 aromatic heterocycles. The van der Waals surface area contributed by atoms with Crippen LogP contribution in [-0.4, -0.2) is 15.3 Å². The van der Waals surface area contributed by atoms with Crippen LogP contribution in [0.5, 0.6) is 0 Å². The summed E-state index contributed by atoms with van der Waals surface area (Å²) in [5.74, 6) is -0.220. The molecular formula is C12H8Br2N2O3. The fraction of sp³-hybridized carbons (Fsp3) is 0.0833. The number of carbonyl (C=O) groups is 1. The Morgan fingerprint density at radius 1 is 1.26 bits per heavy atom. The van der Waals surface area contributed by atoms with Gasteiger partial charge >= 0.3 is 5.69 Å². The standard InChI is InChI=1S/C12H8Br2N2O3/c13-8-3-1-2-7(4-8)10(17)6-16-5-9(14)11(18)15-12(16)19/h1-5H,6H2,(H,15,18,19). The zero-order valence-electron chi connectivity index (χ0n) is 9.52. The lowest BCUT2D eigenvalue weighted by molar-refractivity contribution is 0.0970. The van der Waals surface area contributed by atoms with E-state index in [9.17, 15) is 14.4 Å². The third-order valence-corrected chi connectivity index (χ3v) is 3.49. The minimum absolute atomic E-state index is 0.134. The van der Waals surface area contributed by atoms with Crippen molar-refractivity contribution in [3.05, 3.63) is 65.8 Å². The van der Waals surface area contributed by atoms with Gasteiger partial charge in [-0.15, -0.1) is 0 Å². The highest BCUT2D eigenvalue weighted by Gasteiger charge is 2.09. The van der Waals surface area contributed by atoms with E-state index in [2.05, 4.69) is 36.8 Å². The van der Waals surface area contributed by atoms with Crippen LogP contribution >= 0.6 is 31.9 Å². The number of hydrogen-bond donors (Lipinski definition) is 1. The van der Waals surface area contributed by atoms with Gasteiger partial charge in [0.1, 0.15) is 0 Å². The molecule has 1 aromatic carbocycles. The first kappa shape index (κ1) is 14.0. The van der Waals surface area contributed by atoms with Crippen molar-refractivity contribution in [2.24, 2.45) is 0 Å². The summed E-state index contributed by atoms with van der Waals surface area (Å²) in [6, 6.07) is 6.88. The minimum atomic E-state index is -0.614. The number of H-pyrrole nitrogens is 1. The molecule has 1 heterocycles. The average Bonchev–Trinajstić information content (AvgIpc) is 2.36. The Morgan fingerprint density at radius 2 is 2.00 bits per heavy atom. The number of aromatic nitrogens is 2. The molecule has 2 aromatic rings. The summed E-state index contributed by atoms with van der Waals surface area (Å²) in [7, 11) is 0. The zero-order valence-corrected chi connectivity index (χ0v) is 12.7. The van der Waals surface area contributed by atoms with Crippen LogP contribution < -0.4 is 11.2 Å². The molecule has 7 heteroatoms. The summed E-state index contributed by atoms with van der Waals surface area (Å²) in [6.45, 7) is -0.134. The number of Topliss-reactive ketones (excluding diaryl/α,β-unsaturated/α-hetero) is 1. The summed E-state index contributed by atoms with van der Waals surface area (Å²) < 4.78 is 2.14. The van der Waals surface area contributed by atoms with Crippen molar-refractivity contribution in [2.75, 3.05) is 0 Å². The third kappa shape index (κ3) is 3.30. The molecule has 5 nitrogen and oxygen atoms in total. The molecule has 0 bridgehead atoms. The van der Waals surface area contributed by atoms with Crippen molar-refractivity contribution in [1.82, 2.24) is 9.55 Å². The summed E-state index contributed by atoms with van der Waals surface area (Å²) >= 11 is 6.29. The van der Waals surface area contributed by atoms with E-state index in [1.807, 2.05) is 0 Å². The summed E-state index contributed by atoms with van der Waals surface area (Å²) in [5, 5.41) is 0. The highest BCUT2D eigenvalue weighted by atomic mass is 79.9. The fourth-order valence-electron chi connectivity index (χ4n) is 1.51. The lowest BCUT2D eigenvalue weighted by atomic mass is 10.1. The second-order valence-corrected chi connectivity index (χ2v) is 5.57. The van der Waals surface area contributed by atoms with Gasteiger partial charge in [0.2, 0.25) is 0 Å². The number of halogens is 2. The van der Waals surface area contributed by atoms with Crippen LogP contribution in [0.1, 0.15) is 10.4 Å². The molecule has 0 spiro atoms. The van der Waals surface area contributed by atoms with Gasteiger partial charge in [-0.25, -0.2) is 4.79 Å². The zero-order chi connectivity index (χ0) is 14.0. The van der Waals surface area contributed by atoms with Crippen molar-refractivity contribution in [3.8, 4) is 0 Å². The van der Waals surface area contributed by atoms with Crippen LogP contribution in [0.25, 0.3) is 0 Å². The molecule has 98 valence electrons. The topological polar surface area (TPSA) is 71.9 Å². The van der Waals surface area contributed by atoms with E-state index in [1.54, 1.807) is 24.3 Å². The highest BCUT2D eigenvalue weighted by molar-refractivity contribution is 9.10. The Hall–Kier alpha value is -1.47. The van der Waals surface area contributed by atoms with Gasteiger partial charge in [0.05, 0.1) is 11.0 Å². The van der Waals surface area contributed by atoms with Crippen molar-refractivity contribution in [2.45, 2.75) is 6.54 Å². The molecular weight excluding hydrogens is 380 g/mol. The quantitative estimate of drug-likeness (QED) is 0.818. The number of ketones is 1. The van der Waals surface area contributed by atoms with Gasteiger partial charge in [-0.3, -0.25) is 19.1 Å². The number of aromatic amines is 1. The van der Waals surface area contributed by atoms with Gasteiger partial charge in [-0.05, 0) is 28.1 Å². The van der Waals surface area contributed by atoms with Crippen molar-refractivity contribution in [3.63, 3.8) is 0 Å². The average molecular weight is 388 g/mol. The van der Waals surface area contributed by atoms with E-state index in [1.165, 1.54) is 6.20 Å². The predicted octanol–water partition coefficient (Wildman–Crippen LogP) is 1.94. The lowest BCUT2D eigenvalue weighted by Gasteiger charge is -2.05. The Balaban J connectivity index is 2.32. The van der Waals surface area contributed by atoms with Crippen LogP contribution in [0.15, 0.2) is 49.0 Å². The Morgan fingerprint density at radius 3 is 2.68 bits per heavy atom. The first-order valence-electron chi connectivity index (χ1n) is 5.25. The van der Waals surface area contributed by atoms with Crippen LogP contribution in [0.4, 0.5) is 0 Å². The number of carbonyl (C=O) groups excluding carboxylic acids is 1. The summed E-state index contributed by atoms with van der Waals surface area (Å²) in [6.07, 6.45) is 1.30. The molecule has 0 saturated heterocycles. The van der Waals surface area contributed by atoms with E-state index >= 15 is 0 Å². The molecule has 0 unspecified atom stereocenters. The molecule has 0 fully saturated rings. The number of hydrogen-bond acceptors (Lipinski definition) is 3. The monoisotopic (exact) mass is 386 g/mol. The van der Waals surface area contributed by atoms with Crippen LogP contribution in [0, 0.1) is 0 Å². The molecule has 0 aliphatic heterocycles. The number of benzene rings is 1. The molecule has 0 radical (unpaired) electrons. The van der Waals surface area contributed by atoms with Crippen molar-refractivity contribution < 1.29 is 4.79 Å². The van der Waals surface area contributed by atoms with Crippen molar-refractivity contribution >= 4 is 37.6 Å². The van der Waals surface area contributed by atoms with Gasteiger partial charge in [-0.1, -0.05) is 28.1 Å². The molecule has 19 heavy (non-hydrogen) atoms. The van der Waals surface area contributed by atoms with Gasteiger partial charge < -0.3 is 0 Å². The van der Waals surface area contributed by atoms with Gasteiger partial charge in [0.25, 0.3) is 5.56 Å². The molecule has 0 aliphatic carbocycles. The third-order valence-electron chi connectivity index (χ3n) is 2.43. The van der Waals surface area contributed by atoms with Crippen molar-refractivity contribution in [1.29, 1.82) is 0 Å². The van der Waals surface area contributed by atoms with E-state index in [-0.39, 0.29) is 16.8 Å². The molecule has 2 rings (SSSR count). The second-order valence-electron chi connectivity index (χ2n) is 3.80. The van der Waals surface area contributed by atoms with Crippen LogP contribution in [0.2, 0.25) is 0 Å². The maximum absolute atomic E-state index is 12.0. The minimum Gasteiger partial charge on any atom is -0.292 e. The Kier molecular flexibility index (Phi) is 4.16. The molecule has 0 amide bonds. The molecule has 0 saturated carbocycles. The van der Waals surface area contributed by atoms with Gasteiger partial charge in [0, 0.05) is 16.2 Å². The van der Waals surface area contributed by atoms with Crippen LogP contribution in [0.3, 0.4) is 0 Å². The highest BCUT2D eigenvalue weighted by Crippen LogP contribution is 2.12. The van der Waals surface area contributed by atoms with Gasteiger partial charge in [-0.2, -0.15) is 0 Å². The van der Waals surface area contributed by atoms with E-state index < -0.39 is 11.2 Å². The maximum Gasteiger partial charge on any atom is 0.328 e. The number of rotatable bonds is 3. The first-order chi connectivity index (χ1) is 8.97. The summed E-state index contributed by atoms with van der Waals surface area (Å²) in [4.78, 5) is 36.9. The van der Waals surface area contributed by atoms with Crippen LogP contribution in [-0.2, 0) is 6.54 Å². The smallest absolute Gasteiger partial charge is 0.292 e. The van der Waals surface area contributed by atoms with E-state index in [0.717, 1.165) is 9.04 Å². The lowest BCUT2D eigenvalue weighted by Crippen LogP contribution is -2.31. The predicted molar refractivity (Wildman–Crippen MR) is 77.5 cm³/mol. The van der Waals surface area contributed by atoms with Gasteiger partial charge in [0.15, 0.2) is 5.78 Å². The first-order valence-corrected chi connectivity index (χ1v) is 6.84. The Bertz CT molecular complexity index is 749. The van der Waals surface area contributed by atoms with E-state index in [4.69, 9.17) is 0 Å². The second kappa shape index (κ2) is 5.66. The van der Waals surface area contributed by atoms with E-state index in [0.29, 0.717) is 5.56 Å². The summed E-state index contributed by atoms with van der Waals surface area (Å²) in [5.41, 5.74) is -0.642.